The fourth-order valence-corrected chi connectivity index (χ4v) is 2.78. The van der Waals surface area contributed by atoms with Gasteiger partial charge in [0.1, 0.15) is 10.8 Å². The summed E-state index contributed by atoms with van der Waals surface area (Å²) in [5.74, 6) is 0.588. The van der Waals surface area contributed by atoms with Crippen LogP contribution in [0.15, 0.2) is 30.5 Å². The van der Waals surface area contributed by atoms with Gasteiger partial charge >= 0.3 is 0 Å². The average molecular weight is 302 g/mol. The minimum Gasteiger partial charge on any atom is -0.497 e. The van der Waals surface area contributed by atoms with Crippen LogP contribution in [0, 0.1) is 6.92 Å². The van der Waals surface area contributed by atoms with Gasteiger partial charge in [0.2, 0.25) is 4.96 Å². The Morgan fingerprint density at radius 3 is 2.81 bits per heavy atom. The predicted molar refractivity (Wildman–Crippen MR) is 79.8 cm³/mol. The highest BCUT2D eigenvalue weighted by atomic mass is 32.1. The van der Waals surface area contributed by atoms with Gasteiger partial charge in [-0.25, -0.2) is 9.50 Å². The van der Waals surface area contributed by atoms with E-state index in [2.05, 4.69) is 15.4 Å². The molecule has 0 aliphatic rings. The molecule has 1 N–H and O–H groups in total. The van der Waals surface area contributed by atoms with E-state index in [0.29, 0.717) is 12.1 Å². The zero-order valence-electron chi connectivity index (χ0n) is 11.7. The third-order valence-electron chi connectivity index (χ3n) is 2.96. The second-order valence-electron chi connectivity index (χ2n) is 4.52. The van der Waals surface area contributed by atoms with Crippen molar-refractivity contribution in [2.75, 3.05) is 7.11 Å². The molecule has 0 aliphatic carbocycles. The number of aryl methyl sites for hydroxylation is 1. The lowest BCUT2D eigenvalue weighted by atomic mass is 10.2. The van der Waals surface area contributed by atoms with E-state index < -0.39 is 0 Å². The van der Waals surface area contributed by atoms with Gasteiger partial charge in [-0.15, -0.1) is 0 Å². The fourth-order valence-electron chi connectivity index (χ4n) is 1.92. The highest BCUT2D eigenvalue weighted by Crippen LogP contribution is 2.15. The molecular weight excluding hydrogens is 288 g/mol. The molecule has 2 heterocycles. The van der Waals surface area contributed by atoms with E-state index in [0.717, 1.165) is 21.4 Å². The number of methoxy groups -OCH3 is 1. The number of amides is 1. The van der Waals surface area contributed by atoms with E-state index in [9.17, 15) is 4.79 Å². The summed E-state index contributed by atoms with van der Waals surface area (Å²) in [6, 6.07) is 6.97. The second kappa shape index (κ2) is 5.53. The van der Waals surface area contributed by atoms with Gasteiger partial charge in [-0.3, -0.25) is 4.79 Å². The van der Waals surface area contributed by atoms with Crippen LogP contribution < -0.4 is 10.1 Å². The van der Waals surface area contributed by atoms with Crippen molar-refractivity contribution in [3.05, 3.63) is 46.7 Å². The number of hydrogen-bond acceptors (Lipinski definition) is 5. The molecule has 7 heteroatoms. The second-order valence-corrected chi connectivity index (χ2v) is 5.56. The Hall–Kier alpha value is -2.41. The molecule has 0 spiro atoms. The summed E-state index contributed by atoms with van der Waals surface area (Å²) >= 11 is 1.47. The number of rotatable bonds is 4. The van der Waals surface area contributed by atoms with E-state index in [1.807, 2.05) is 13.1 Å². The van der Waals surface area contributed by atoms with E-state index in [-0.39, 0.29) is 5.91 Å². The lowest BCUT2D eigenvalue weighted by molar-refractivity contribution is 0.0950. The quantitative estimate of drug-likeness (QED) is 0.801. The van der Waals surface area contributed by atoms with Crippen molar-refractivity contribution in [2.24, 2.45) is 0 Å². The van der Waals surface area contributed by atoms with E-state index >= 15 is 0 Å². The zero-order chi connectivity index (χ0) is 14.8. The Bertz CT molecular complexity index is 744. The summed E-state index contributed by atoms with van der Waals surface area (Å²) in [5, 5.41) is 8.03. The average Bonchev–Trinajstić information content (AvgIpc) is 3.01. The summed E-state index contributed by atoms with van der Waals surface area (Å²) in [7, 11) is 1.59. The largest absolute Gasteiger partial charge is 0.497 e. The minimum atomic E-state index is -0.137. The smallest absolute Gasteiger partial charge is 0.251 e. The minimum absolute atomic E-state index is 0.137. The number of hydrogen-bond donors (Lipinski definition) is 1. The van der Waals surface area contributed by atoms with Crippen molar-refractivity contribution in [3.63, 3.8) is 0 Å². The summed E-state index contributed by atoms with van der Waals surface area (Å²) in [4.78, 5) is 17.2. The van der Waals surface area contributed by atoms with Crippen LogP contribution in [-0.4, -0.2) is 27.6 Å². The Morgan fingerprint density at radius 2 is 2.14 bits per heavy atom. The molecule has 108 valence electrons. The first kappa shape index (κ1) is 13.6. The number of nitrogens with one attached hydrogen (secondary N) is 1. The number of nitrogens with zero attached hydrogens (tertiary/aromatic N) is 3. The van der Waals surface area contributed by atoms with Gasteiger partial charge in [0.25, 0.3) is 5.91 Å². The predicted octanol–water partition coefficient (Wildman–Crippen LogP) is 2.04. The van der Waals surface area contributed by atoms with Crippen molar-refractivity contribution in [1.29, 1.82) is 0 Å². The lowest BCUT2D eigenvalue weighted by Gasteiger charge is -2.04. The van der Waals surface area contributed by atoms with Gasteiger partial charge in [-0.2, -0.15) is 5.10 Å². The summed E-state index contributed by atoms with van der Waals surface area (Å²) in [6.07, 6.45) is 1.86. The third-order valence-corrected chi connectivity index (χ3v) is 3.88. The number of carbonyl (C=O) groups excluding carboxylic acids is 1. The van der Waals surface area contributed by atoms with E-state index in [4.69, 9.17) is 4.74 Å². The molecule has 0 unspecified atom stereocenters. The van der Waals surface area contributed by atoms with E-state index in [1.165, 1.54) is 11.3 Å². The van der Waals surface area contributed by atoms with Crippen LogP contribution in [0.4, 0.5) is 0 Å². The fraction of sp³-hybridized carbons (Fsp3) is 0.214. The van der Waals surface area contributed by atoms with Crippen LogP contribution in [0.5, 0.6) is 5.75 Å². The van der Waals surface area contributed by atoms with Crippen LogP contribution in [0.3, 0.4) is 0 Å². The molecule has 3 rings (SSSR count). The first-order valence-corrected chi connectivity index (χ1v) is 7.21. The SMILES string of the molecule is COc1ccc(C(=O)NCc2nn3cc(C)nc3s2)cc1. The van der Waals surface area contributed by atoms with Crippen molar-refractivity contribution >= 4 is 22.2 Å². The number of carbonyl (C=O) groups is 1. The summed E-state index contributed by atoms with van der Waals surface area (Å²) < 4.78 is 6.79. The molecule has 0 atom stereocenters. The molecule has 0 saturated heterocycles. The molecule has 2 aromatic heterocycles. The number of ether oxygens (including phenoxy) is 1. The maximum Gasteiger partial charge on any atom is 0.251 e. The highest BCUT2D eigenvalue weighted by Gasteiger charge is 2.09. The molecule has 0 radical (unpaired) electrons. The van der Waals surface area contributed by atoms with Gasteiger partial charge in [0, 0.05) is 5.56 Å². The number of imidazole rings is 1. The van der Waals surface area contributed by atoms with Crippen molar-refractivity contribution in [3.8, 4) is 5.75 Å². The van der Waals surface area contributed by atoms with Crippen molar-refractivity contribution < 1.29 is 9.53 Å². The lowest BCUT2D eigenvalue weighted by Crippen LogP contribution is -2.22. The number of benzene rings is 1. The molecule has 0 bridgehead atoms. The Balaban J connectivity index is 1.65. The maximum absolute atomic E-state index is 12.0. The first-order valence-electron chi connectivity index (χ1n) is 6.39. The molecular formula is C14H14N4O2S. The Labute approximate surface area is 125 Å². The number of fused-ring (bicyclic) bond motifs is 1. The van der Waals surface area contributed by atoms with Crippen LogP contribution in [0.1, 0.15) is 21.1 Å². The third kappa shape index (κ3) is 2.87. The Kier molecular flexibility index (Phi) is 3.57. The van der Waals surface area contributed by atoms with Crippen LogP contribution in [0.2, 0.25) is 0 Å². The molecule has 0 aliphatic heterocycles. The standard InChI is InChI=1S/C14H14N4O2S/c1-9-8-18-14(16-9)21-12(17-18)7-15-13(19)10-3-5-11(20-2)6-4-10/h3-6,8H,7H2,1-2H3,(H,15,19). The van der Waals surface area contributed by atoms with Crippen LogP contribution in [-0.2, 0) is 6.54 Å². The number of aromatic nitrogens is 3. The topological polar surface area (TPSA) is 68.5 Å². The van der Waals surface area contributed by atoms with Gasteiger partial charge in [-0.05, 0) is 31.2 Å². The monoisotopic (exact) mass is 302 g/mol. The molecule has 6 nitrogen and oxygen atoms in total. The zero-order valence-corrected chi connectivity index (χ0v) is 12.5. The van der Waals surface area contributed by atoms with Gasteiger partial charge < -0.3 is 10.1 Å². The first-order chi connectivity index (χ1) is 10.2. The molecule has 1 amide bonds. The van der Waals surface area contributed by atoms with Crippen molar-refractivity contribution in [1.82, 2.24) is 19.9 Å². The van der Waals surface area contributed by atoms with Crippen LogP contribution >= 0.6 is 11.3 Å². The highest BCUT2D eigenvalue weighted by molar-refractivity contribution is 7.16. The summed E-state index contributed by atoms with van der Waals surface area (Å²) in [6.45, 7) is 2.31. The maximum atomic E-state index is 12.0. The Morgan fingerprint density at radius 1 is 1.38 bits per heavy atom. The molecule has 0 saturated carbocycles. The molecule has 0 fully saturated rings. The van der Waals surface area contributed by atoms with Gasteiger partial charge in [0.05, 0.1) is 25.5 Å². The van der Waals surface area contributed by atoms with Gasteiger partial charge in [0.15, 0.2) is 0 Å². The molecule has 3 aromatic rings. The van der Waals surface area contributed by atoms with Crippen molar-refractivity contribution in [2.45, 2.75) is 13.5 Å². The van der Waals surface area contributed by atoms with Crippen LogP contribution in [0.25, 0.3) is 4.96 Å². The van der Waals surface area contributed by atoms with E-state index in [1.54, 1.807) is 35.9 Å². The normalized spacial score (nSPS) is 10.8. The molecule has 21 heavy (non-hydrogen) atoms. The van der Waals surface area contributed by atoms with Gasteiger partial charge in [-0.1, -0.05) is 11.3 Å². The summed E-state index contributed by atoms with van der Waals surface area (Å²) in [5.41, 5.74) is 1.52. The molecule has 1 aromatic carbocycles.